The minimum Gasteiger partial charge on any atom is -0.489 e. The molecule has 36 heavy (non-hydrogen) atoms. The van der Waals surface area contributed by atoms with Crippen LogP contribution in [-0.2, 0) is 27.1 Å². The van der Waals surface area contributed by atoms with Gasteiger partial charge in [-0.2, -0.15) is 0 Å². The summed E-state index contributed by atoms with van der Waals surface area (Å²) in [5.41, 5.74) is 4.92. The Hall–Kier alpha value is -3.55. The number of aliphatic carboxylic acids is 1. The minimum absolute atomic E-state index is 0.186. The van der Waals surface area contributed by atoms with Crippen molar-refractivity contribution >= 4 is 34.7 Å². The van der Waals surface area contributed by atoms with Crippen LogP contribution in [0.3, 0.4) is 0 Å². The van der Waals surface area contributed by atoms with Gasteiger partial charge < -0.3 is 9.84 Å². The van der Waals surface area contributed by atoms with Gasteiger partial charge in [0.2, 0.25) is 0 Å². The highest BCUT2D eigenvalue weighted by Crippen LogP contribution is 2.25. The van der Waals surface area contributed by atoms with E-state index < -0.39 is 23.0 Å². The van der Waals surface area contributed by atoms with Gasteiger partial charge in [-0.25, -0.2) is 8.93 Å². The Morgan fingerprint density at radius 3 is 2.64 bits per heavy atom. The van der Waals surface area contributed by atoms with Crippen LogP contribution in [0, 0.1) is 5.92 Å². The monoisotopic (exact) mass is 504 g/mol. The lowest BCUT2D eigenvalue weighted by molar-refractivity contribution is -0.140. The van der Waals surface area contributed by atoms with Gasteiger partial charge in [0, 0.05) is 17.3 Å². The summed E-state index contributed by atoms with van der Waals surface area (Å²) in [5, 5.41) is 9.33. The number of carboxylic acids is 1. The molecule has 3 rings (SSSR count). The van der Waals surface area contributed by atoms with E-state index in [2.05, 4.69) is 16.3 Å². The van der Waals surface area contributed by atoms with Gasteiger partial charge in [-0.05, 0) is 66.8 Å². The van der Waals surface area contributed by atoms with E-state index in [0.717, 1.165) is 40.1 Å². The van der Waals surface area contributed by atoms with Crippen molar-refractivity contribution in [1.82, 2.24) is 9.71 Å². The second kappa shape index (κ2) is 13.0. The van der Waals surface area contributed by atoms with E-state index in [-0.39, 0.29) is 5.92 Å². The van der Waals surface area contributed by atoms with Gasteiger partial charge >= 0.3 is 5.97 Å². The summed E-state index contributed by atoms with van der Waals surface area (Å²) in [7, 11) is -1.62. The molecule has 1 aliphatic carbocycles. The Balaban J connectivity index is 1.69. The molecule has 188 valence electrons. The molecule has 1 aliphatic rings. The molecule has 6 nitrogen and oxygen atoms in total. The molecule has 0 bridgehead atoms. The SMILES string of the molecule is C=Cc1c(COC2=CC=C(c3ccc(S(=O)NC(C(=O)O)C(C)C)cc3)CC=C2)ccnc1/C=C\C. The molecule has 7 heteroatoms. The van der Waals surface area contributed by atoms with E-state index in [1.165, 1.54) is 0 Å². The maximum atomic E-state index is 12.6. The number of nitrogens with zero attached hydrogens (tertiary/aromatic N) is 1. The van der Waals surface area contributed by atoms with Crippen molar-refractivity contribution in [2.24, 2.45) is 5.92 Å². The van der Waals surface area contributed by atoms with E-state index >= 15 is 0 Å². The minimum atomic E-state index is -1.62. The van der Waals surface area contributed by atoms with Crippen molar-refractivity contribution in [3.8, 4) is 0 Å². The van der Waals surface area contributed by atoms with Crippen LogP contribution < -0.4 is 4.72 Å². The first kappa shape index (κ1) is 27.0. The van der Waals surface area contributed by atoms with Crippen LogP contribution >= 0.6 is 0 Å². The third kappa shape index (κ3) is 6.99. The summed E-state index contributed by atoms with van der Waals surface area (Å²) < 4.78 is 21.4. The van der Waals surface area contributed by atoms with Crippen LogP contribution in [0.5, 0.6) is 0 Å². The van der Waals surface area contributed by atoms with Gasteiger partial charge in [0.25, 0.3) is 0 Å². The molecule has 2 aromatic rings. The molecule has 0 radical (unpaired) electrons. The maximum absolute atomic E-state index is 12.6. The van der Waals surface area contributed by atoms with Crippen molar-refractivity contribution in [1.29, 1.82) is 0 Å². The Bertz CT molecular complexity index is 1240. The molecule has 0 fully saturated rings. The topological polar surface area (TPSA) is 88.5 Å². The number of carbonyl (C=O) groups is 1. The fourth-order valence-electron chi connectivity index (χ4n) is 3.71. The van der Waals surface area contributed by atoms with E-state index in [9.17, 15) is 14.1 Å². The predicted molar refractivity (Wildman–Crippen MR) is 146 cm³/mol. The van der Waals surface area contributed by atoms with Crippen molar-refractivity contribution < 1.29 is 18.8 Å². The number of ether oxygens (including phenoxy) is 1. The van der Waals surface area contributed by atoms with Crippen LogP contribution in [0.4, 0.5) is 0 Å². The lowest BCUT2D eigenvalue weighted by Gasteiger charge is -2.17. The van der Waals surface area contributed by atoms with Gasteiger partial charge in [-0.15, -0.1) is 0 Å². The zero-order valence-corrected chi connectivity index (χ0v) is 21.6. The first-order chi connectivity index (χ1) is 17.3. The van der Waals surface area contributed by atoms with Crippen LogP contribution in [0.1, 0.15) is 49.6 Å². The standard InChI is InChI=1S/C29H32N2O4S/c1-5-8-27-26(6-2)23(17-18-30-27)19-35-24-10-7-9-21(11-14-24)22-12-15-25(16-13-22)36(34)31-28(20(3)4)29(32)33/h5-8,10-18,20,28,31H,2,9,19H2,1,3-4H3,(H,32,33)/b8-5-. The zero-order chi connectivity index (χ0) is 26.1. The number of pyridine rings is 1. The van der Waals surface area contributed by atoms with Crippen molar-refractivity contribution in [2.45, 2.75) is 44.7 Å². The Labute approximate surface area is 215 Å². The smallest absolute Gasteiger partial charge is 0.321 e. The van der Waals surface area contributed by atoms with Crippen molar-refractivity contribution in [3.05, 3.63) is 102 Å². The number of hydrogen-bond acceptors (Lipinski definition) is 4. The highest BCUT2D eigenvalue weighted by molar-refractivity contribution is 7.83. The number of carboxylic acid groups (broad SMARTS) is 1. The third-order valence-corrected chi connectivity index (χ3v) is 6.88. The summed E-state index contributed by atoms with van der Waals surface area (Å²) >= 11 is 0. The van der Waals surface area contributed by atoms with E-state index in [4.69, 9.17) is 4.74 Å². The van der Waals surface area contributed by atoms with Crippen molar-refractivity contribution in [3.63, 3.8) is 0 Å². The summed E-state index contributed by atoms with van der Waals surface area (Å²) in [4.78, 5) is 16.3. The van der Waals surface area contributed by atoms with Gasteiger partial charge in [-0.3, -0.25) is 9.78 Å². The summed E-state index contributed by atoms with van der Waals surface area (Å²) in [6.07, 6.45) is 16.1. The lowest BCUT2D eigenvalue weighted by Crippen LogP contribution is -2.41. The Morgan fingerprint density at radius 1 is 1.25 bits per heavy atom. The highest BCUT2D eigenvalue weighted by Gasteiger charge is 2.23. The van der Waals surface area contributed by atoms with Gasteiger partial charge in [0.1, 0.15) is 29.4 Å². The molecule has 0 amide bonds. The second-order valence-corrected chi connectivity index (χ2v) is 9.84. The highest BCUT2D eigenvalue weighted by atomic mass is 32.2. The number of allylic oxidation sites excluding steroid dienone is 6. The molecule has 0 saturated heterocycles. The van der Waals surface area contributed by atoms with Gasteiger partial charge in [0.05, 0.1) is 10.6 Å². The average Bonchev–Trinajstić information content (AvgIpc) is 3.11. The number of nitrogens with one attached hydrogen (secondary N) is 1. The summed E-state index contributed by atoms with van der Waals surface area (Å²) in [5.74, 6) is -0.452. The van der Waals surface area contributed by atoms with Crippen molar-refractivity contribution in [2.75, 3.05) is 0 Å². The number of hydrogen-bond donors (Lipinski definition) is 2. The Morgan fingerprint density at radius 2 is 2.00 bits per heavy atom. The fraction of sp³-hybridized carbons (Fsp3) is 0.241. The van der Waals surface area contributed by atoms with E-state index in [0.29, 0.717) is 11.5 Å². The maximum Gasteiger partial charge on any atom is 0.321 e. The molecule has 2 unspecified atom stereocenters. The van der Waals surface area contributed by atoms with Crippen LogP contribution in [-0.4, -0.2) is 26.3 Å². The quantitative estimate of drug-likeness (QED) is 0.396. The molecule has 0 saturated carbocycles. The Kier molecular flexibility index (Phi) is 9.73. The molecular weight excluding hydrogens is 472 g/mol. The fourth-order valence-corrected chi connectivity index (χ4v) is 4.83. The number of rotatable bonds is 11. The molecular formula is C29H32N2O4S. The third-order valence-electron chi connectivity index (χ3n) is 5.71. The van der Waals surface area contributed by atoms with Crippen LogP contribution in [0.15, 0.2) is 84.1 Å². The van der Waals surface area contributed by atoms with Crippen LogP contribution in [0.2, 0.25) is 0 Å². The van der Waals surface area contributed by atoms with E-state index in [1.54, 1.807) is 38.3 Å². The molecule has 1 heterocycles. The lowest BCUT2D eigenvalue weighted by atomic mass is 10.0. The summed E-state index contributed by atoms with van der Waals surface area (Å²) in [6, 6.07) is 8.37. The second-order valence-electron chi connectivity index (χ2n) is 8.60. The molecule has 1 aromatic heterocycles. The number of benzene rings is 1. The molecule has 2 N–H and O–H groups in total. The molecule has 0 aliphatic heterocycles. The van der Waals surface area contributed by atoms with Gasteiger partial charge in [0.15, 0.2) is 0 Å². The van der Waals surface area contributed by atoms with Crippen LogP contribution in [0.25, 0.3) is 17.7 Å². The zero-order valence-electron chi connectivity index (χ0n) is 20.8. The first-order valence-corrected chi connectivity index (χ1v) is 12.9. The molecule has 2 atom stereocenters. The largest absolute Gasteiger partial charge is 0.489 e. The number of aromatic nitrogens is 1. The normalized spacial score (nSPS) is 15.2. The predicted octanol–water partition coefficient (Wildman–Crippen LogP) is 5.92. The van der Waals surface area contributed by atoms with Gasteiger partial charge in [-0.1, -0.05) is 56.9 Å². The average molecular weight is 505 g/mol. The summed E-state index contributed by atoms with van der Waals surface area (Å²) in [6.45, 7) is 9.82. The molecule has 1 aromatic carbocycles. The van der Waals surface area contributed by atoms with E-state index in [1.807, 2.05) is 61.6 Å². The first-order valence-electron chi connectivity index (χ1n) is 11.8. The molecule has 0 spiro atoms.